The van der Waals surface area contributed by atoms with Gasteiger partial charge < -0.3 is 10.5 Å². The van der Waals surface area contributed by atoms with Crippen molar-refractivity contribution in [3.8, 4) is 5.75 Å². The number of benzene rings is 2. The second kappa shape index (κ2) is 6.54. The summed E-state index contributed by atoms with van der Waals surface area (Å²) in [5, 5.41) is 11.1. The lowest BCUT2D eigenvalue weighted by Crippen LogP contribution is -2.15. The molecule has 2 aromatic carbocycles. The van der Waals surface area contributed by atoms with E-state index in [-0.39, 0.29) is 17.0 Å². The highest BCUT2D eigenvalue weighted by atomic mass is 32.2. The summed E-state index contributed by atoms with van der Waals surface area (Å²) in [5.41, 5.74) is 4.81. The molecule has 126 valence electrons. The van der Waals surface area contributed by atoms with E-state index in [1.165, 1.54) is 37.4 Å². The molecule has 2 rings (SSSR count). The molecule has 0 aromatic heterocycles. The maximum absolute atomic E-state index is 12.4. The summed E-state index contributed by atoms with van der Waals surface area (Å²) in [6, 6.07) is 8.73. The average Bonchev–Trinajstić information content (AvgIpc) is 2.54. The molecule has 0 aliphatic carbocycles. The number of ether oxygens (including phenoxy) is 1. The van der Waals surface area contributed by atoms with Gasteiger partial charge in [0.05, 0.1) is 18.1 Å². The minimum atomic E-state index is -4.21. The van der Waals surface area contributed by atoms with Crippen molar-refractivity contribution in [1.29, 1.82) is 0 Å². The lowest BCUT2D eigenvalue weighted by molar-refractivity contribution is -0.387. The number of sulfonamides is 1. The number of carbonyl (C=O) groups excluding carboxylic acids is 1. The Hall–Kier alpha value is -3.14. The summed E-state index contributed by atoms with van der Waals surface area (Å²) in [6.07, 6.45) is 0. The smallest absolute Gasteiger partial charge is 0.293 e. The molecule has 0 saturated heterocycles. The molecule has 0 spiro atoms. The second-order valence-electron chi connectivity index (χ2n) is 4.64. The number of hydrogen-bond donors (Lipinski definition) is 2. The van der Waals surface area contributed by atoms with Gasteiger partial charge in [-0.2, -0.15) is 0 Å². The zero-order chi connectivity index (χ0) is 17.9. The predicted molar refractivity (Wildman–Crippen MR) is 85.4 cm³/mol. The summed E-state index contributed by atoms with van der Waals surface area (Å²) in [5.74, 6) is -0.498. The monoisotopic (exact) mass is 351 g/mol. The molecule has 2 aromatic rings. The Morgan fingerprint density at radius 2 is 1.83 bits per heavy atom. The normalized spacial score (nSPS) is 10.9. The number of nitrogens with one attached hydrogen (secondary N) is 1. The number of rotatable bonds is 6. The Morgan fingerprint density at radius 3 is 2.33 bits per heavy atom. The molecule has 1 amide bonds. The second-order valence-corrected chi connectivity index (χ2v) is 6.29. The van der Waals surface area contributed by atoms with Gasteiger partial charge in [-0.15, -0.1) is 0 Å². The van der Waals surface area contributed by atoms with Gasteiger partial charge >= 0.3 is 0 Å². The first-order valence-electron chi connectivity index (χ1n) is 6.49. The van der Waals surface area contributed by atoms with E-state index in [1.54, 1.807) is 0 Å². The van der Waals surface area contributed by atoms with Gasteiger partial charge in [-0.1, -0.05) is 0 Å². The number of nitrogens with two attached hydrogens (primary N) is 1. The van der Waals surface area contributed by atoms with Crippen LogP contribution in [0.3, 0.4) is 0 Å². The lowest BCUT2D eigenvalue weighted by Gasteiger charge is -2.09. The van der Waals surface area contributed by atoms with Crippen LogP contribution in [0.15, 0.2) is 47.4 Å². The number of nitro groups is 1. The van der Waals surface area contributed by atoms with Gasteiger partial charge in [0.25, 0.3) is 15.7 Å². The molecule has 0 aliphatic heterocycles. The molecule has 0 bridgehead atoms. The van der Waals surface area contributed by atoms with E-state index in [1.807, 2.05) is 0 Å². The number of amides is 1. The third-order valence-corrected chi connectivity index (χ3v) is 4.50. The zero-order valence-electron chi connectivity index (χ0n) is 12.4. The summed E-state index contributed by atoms with van der Waals surface area (Å²) in [6.45, 7) is 0. The summed E-state index contributed by atoms with van der Waals surface area (Å²) in [4.78, 5) is 20.8. The number of nitro benzene ring substituents is 1. The van der Waals surface area contributed by atoms with Crippen LogP contribution >= 0.6 is 0 Å². The highest BCUT2D eigenvalue weighted by Gasteiger charge is 2.26. The molecule has 0 atom stereocenters. The third kappa shape index (κ3) is 3.60. The van der Waals surface area contributed by atoms with E-state index in [0.717, 1.165) is 12.1 Å². The minimum absolute atomic E-state index is 0.130. The Morgan fingerprint density at radius 1 is 1.21 bits per heavy atom. The van der Waals surface area contributed by atoms with Crippen molar-refractivity contribution in [2.75, 3.05) is 11.8 Å². The molecular formula is C14H13N3O6S. The van der Waals surface area contributed by atoms with Gasteiger partial charge in [0, 0.05) is 11.3 Å². The first-order chi connectivity index (χ1) is 11.2. The van der Waals surface area contributed by atoms with E-state index < -0.39 is 31.4 Å². The van der Waals surface area contributed by atoms with Crippen molar-refractivity contribution in [2.45, 2.75) is 4.90 Å². The van der Waals surface area contributed by atoms with Crippen LogP contribution in [0, 0.1) is 10.1 Å². The standard InChI is InChI=1S/C14H13N3O6S/c1-23-11-6-7-13(12(8-11)17(19)20)24(21,22)16-10-4-2-9(3-5-10)14(15)18/h2-8,16H,1H3,(H2,15,18). The molecule has 0 aliphatic rings. The molecule has 9 nitrogen and oxygen atoms in total. The van der Waals surface area contributed by atoms with Crippen molar-refractivity contribution in [3.05, 3.63) is 58.1 Å². The fourth-order valence-electron chi connectivity index (χ4n) is 1.91. The SMILES string of the molecule is COc1ccc(S(=O)(=O)Nc2ccc(C(N)=O)cc2)c([N+](=O)[O-])c1. The molecular weight excluding hydrogens is 338 g/mol. The van der Waals surface area contributed by atoms with Crippen molar-refractivity contribution in [2.24, 2.45) is 5.73 Å². The van der Waals surface area contributed by atoms with Gasteiger partial charge in [0.1, 0.15) is 5.75 Å². The lowest BCUT2D eigenvalue weighted by atomic mass is 10.2. The van der Waals surface area contributed by atoms with Crippen LogP contribution in [0.4, 0.5) is 11.4 Å². The summed E-state index contributed by atoms with van der Waals surface area (Å²) < 4.78 is 31.9. The van der Waals surface area contributed by atoms with E-state index in [9.17, 15) is 23.3 Å². The first kappa shape index (κ1) is 17.2. The largest absolute Gasteiger partial charge is 0.497 e. The molecule has 3 N–H and O–H groups in total. The zero-order valence-corrected chi connectivity index (χ0v) is 13.2. The Kier molecular flexibility index (Phi) is 4.69. The quantitative estimate of drug-likeness (QED) is 0.596. The maximum Gasteiger partial charge on any atom is 0.293 e. The fourth-order valence-corrected chi connectivity index (χ4v) is 3.12. The number of nitrogens with zero attached hydrogens (tertiary/aromatic N) is 1. The van der Waals surface area contributed by atoms with Crippen LogP contribution in [0.2, 0.25) is 0 Å². The number of anilines is 1. The van der Waals surface area contributed by atoms with Crippen molar-refractivity contribution >= 4 is 27.3 Å². The van der Waals surface area contributed by atoms with Crippen LogP contribution in [-0.4, -0.2) is 26.4 Å². The Labute approximate surface area is 137 Å². The van der Waals surface area contributed by atoms with Crippen LogP contribution in [-0.2, 0) is 10.0 Å². The van der Waals surface area contributed by atoms with Crippen molar-refractivity contribution in [1.82, 2.24) is 0 Å². The number of hydrogen-bond acceptors (Lipinski definition) is 6. The van der Waals surface area contributed by atoms with E-state index in [2.05, 4.69) is 4.72 Å². The molecule has 10 heteroatoms. The molecule has 0 heterocycles. The molecule has 24 heavy (non-hydrogen) atoms. The third-order valence-electron chi connectivity index (χ3n) is 3.07. The summed E-state index contributed by atoms with van der Waals surface area (Å²) in [7, 11) is -2.90. The first-order valence-corrected chi connectivity index (χ1v) is 7.98. The fraction of sp³-hybridized carbons (Fsp3) is 0.0714. The molecule has 0 radical (unpaired) electrons. The van der Waals surface area contributed by atoms with Crippen LogP contribution < -0.4 is 15.2 Å². The van der Waals surface area contributed by atoms with E-state index in [0.29, 0.717) is 0 Å². The minimum Gasteiger partial charge on any atom is -0.497 e. The van der Waals surface area contributed by atoms with Gasteiger partial charge in [-0.05, 0) is 36.4 Å². The van der Waals surface area contributed by atoms with Gasteiger partial charge in [-0.25, -0.2) is 8.42 Å². The molecule has 0 saturated carbocycles. The number of primary amides is 1. The van der Waals surface area contributed by atoms with Crippen molar-refractivity contribution < 1.29 is 22.9 Å². The van der Waals surface area contributed by atoms with Crippen LogP contribution in [0.5, 0.6) is 5.75 Å². The predicted octanol–water partition coefficient (Wildman–Crippen LogP) is 1.50. The molecule has 0 unspecified atom stereocenters. The Balaban J connectivity index is 2.40. The topological polar surface area (TPSA) is 142 Å². The average molecular weight is 351 g/mol. The maximum atomic E-state index is 12.4. The summed E-state index contributed by atoms with van der Waals surface area (Å²) >= 11 is 0. The van der Waals surface area contributed by atoms with Crippen molar-refractivity contribution in [3.63, 3.8) is 0 Å². The highest BCUT2D eigenvalue weighted by molar-refractivity contribution is 7.92. The number of carbonyl (C=O) groups is 1. The van der Waals surface area contributed by atoms with Gasteiger partial charge in [0.15, 0.2) is 4.90 Å². The highest BCUT2D eigenvalue weighted by Crippen LogP contribution is 2.29. The Bertz CT molecular complexity index is 893. The van der Waals surface area contributed by atoms with Gasteiger partial charge in [-0.3, -0.25) is 19.6 Å². The van der Waals surface area contributed by atoms with E-state index in [4.69, 9.17) is 10.5 Å². The van der Waals surface area contributed by atoms with Crippen LogP contribution in [0.25, 0.3) is 0 Å². The van der Waals surface area contributed by atoms with E-state index >= 15 is 0 Å². The van der Waals surface area contributed by atoms with Crippen LogP contribution in [0.1, 0.15) is 10.4 Å². The number of methoxy groups -OCH3 is 1. The van der Waals surface area contributed by atoms with Gasteiger partial charge in [0.2, 0.25) is 5.91 Å². The molecule has 0 fully saturated rings.